The maximum Gasteiger partial charge on any atom is 0.330 e. The molecule has 0 atom stereocenters. The first-order valence-corrected chi connectivity index (χ1v) is 2.69. The molecule has 0 fully saturated rings. The van der Waals surface area contributed by atoms with Crippen molar-refractivity contribution in [3.8, 4) is 0 Å². The van der Waals surface area contributed by atoms with Crippen LogP contribution in [0.2, 0.25) is 0 Å². The van der Waals surface area contributed by atoms with Gasteiger partial charge >= 0.3 is 5.97 Å². The predicted molar refractivity (Wildman–Crippen MR) is 38.1 cm³/mol. The van der Waals surface area contributed by atoms with E-state index in [1.165, 1.54) is 6.92 Å². The van der Waals surface area contributed by atoms with Crippen molar-refractivity contribution in [3.05, 3.63) is 18.6 Å². The predicted octanol–water partition coefficient (Wildman–Crippen LogP) is 1.88. The molecule has 0 saturated carbocycles. The van der Waals surface area contributed by atoms with E-state index in [1.54, 1.807) is 0 Å². The minimum Gasteiger partial charge on any atom is -0.478 e. The molecular weight excluding hydrogens is 164 g/mol. The SMILES string of the molecule is C=C(C)C(=O)O.C[CH-]C.[Ti]. The van der Waals surface area contributed by atoms with Crippen molar-refractivity contribution in [2.45, 2.75) is 20.8 Å². The van der Waals surface area contributed by atoms with Crippen LogP contribution in [-0.2, 0) is 26.5 Å². The molecule has 0 aliphatic heterocycles. The first-order chi connectivity index (χ1) is 4.06. The van der Waals surface area contributed by atoms with Gasteiger partial charge in [0.1, 0.15) is 0 Å². The quantitative estimate of drug-likeness (QED) is 0.377. The number of aliphatic carboxylic acids is 1. The fourth-order valence-electron chi connectivity index (χ4n) is 0. The van der Waals surface area contributed by atoms with Gasteiger partial charge in [-0.3, -0.25) is 0 Å². The molecule has 0 spiro atoms. The van der Waals surface area contributed by atoms with Gasteiger partial charge < -0.3 is 11.5 Å². The Hall–Kier alpha value is -0.0757. The number of carboxylic acids is 1. The van der Waals surface area contributed by atoms with Gasteiger partial charge in [-0.2, -0.15) is 13.8 Å². The van der Waals surface area contributed by atoms with Crippen molar-refractivity contribution in [2.24, 2.45) is 0 Å². The second-order valence-electron chi connectivity index (χ2n) is 1.66. The van der Waals surface area contributed by atoms with Crippen LogP contribution < -0.4 is 0 Å². The minimum atomic E-state index is -0.935. The van der Waals surface area contributed by atoms with E-state index < -0.39 is 5.97 Å². The Labute approximate surface area is 77.2 Å². The van der Waals surface area contributed by atoms with Crippen LogP contribution in [0.25, 0.3) is 0 Å². The molecular formula is C7H13O2Ti-. The molecule has 0 radical (unpaired) electrons. The van der Waals surface area contributed by atoms with Gasteiger partial charge in [0, 0.05) is 27.3 Å². The van der Waals surface area contributed by atoms with Crippen LogP contribution in [0, 0.1) is 6.42 Å². The summed E-state index contributed by atoms with van der Waals surface area (Å²) in [7, 11) is 0. The summed E-state index contributed by atoms with van der Waals surface area (Å²) >= 11 is 0. The van der Waals surface area contributed by atoms with Crippen LogP contribution >= 0.6 is 0 Å². The Morgan fingerprint density at radius 1 is 1.50 bits per heavy atom. The third kappa shape index (κ3) is 24.7. The van der Waals surface area contributed by atoms with E-state index in [2.05, 4.69) is 6.58 Å². The smallest absolute Gasteiger partial charge is 0.330 e. The second-order valence-corrected chi connectivity index (χ2v) is 1.66. The zero-order valence-electron chi connectivity index (χ0n) is 6.64. The van der Waals surface area contributed by atoms with E-state index in [1.807, 2.05) is 20.3 Å². The Kier molecular flexibility index (Phi) is 19.3. The van der Waals surface area contributed by atoms with Crippen LogP contribution in [0.15, 0.2) is 12.2 Å². The standard InChI is InChI=1S/C4H6O2.C3H7.Ti/c1-3(2)4(5)6;1-3-2;/h1H2,2H3,(H,5,6);3H,1-2H3;/q;-1;. The summed E-state index contributed by atoms with van der Waals surface area (Å²) in [4.78, 5) is 9.60. The molecule has 0 rings (SSSR count). The van der Waals surface area contributed by atoms with Crippen molar-refractivity contribution in [2.75, 3.05) is 0 Å². The molecule has 0 saturated heterocycles. The third-order valence-corrected chi connectivity index (χ3v) is 0.365. The summed E-state index contributed by atoms with van der Waals surface area (Å²) in [6.07, 6.45) is 2.00. The summed E-state index contributed by atoms with van der Waals surface area (Å²) < 4.78 is 0. The van der Waals surface area contributed by atoms with Crippen LogP contribution in [-0.4, -0.2) is 11.1 Å². The normalized spacial score (nSPS) is 6.30. The molecule has 0 aromatic heterocycles. The van der Waals surface area contributed by atoms with Gasteiger partial charge in [0.25, 0.3) is 0 Å². The third-order valence-electron chi connectivity index (χ3n) is 0.365. The molecule has 0 aromatic carbocycles. The number of carboxylic acid groups (broad SMARTS) is 1. The van der Waals surface area contributed by atoms with Crippen molar-refractivity contribution in [1.29, 1.82) is 0 Å². The van der Waals surface area contributed by atoms with Gasteiger partial charge in [-0.15, -0.1) is 0 Å². The molecule has 0 aliphatic rings. The Morgan fingerprint density at radius 3 is 1.60 bits per heavy atom. The molecule has 0 heterocycles. The van der Waals surface area contributed by atoms with E-state index in [0.29, 0.717) is 0 Å². The van der Waals surface area contributed by atoms with Crippen LogP contribution in [0.1, 0.15) is 20.8 Å². The van der Waals surface area contributed by atoms with Crippen LogP contribution in [0.3, 0.4) is 0 Å². The number of hydrogen-bond acceptors (Lipinski definition) is 1. The fraction of sp³-hybridized carbons (Fsp3) is 0.429. The molecule has 0 aromatic rings. The summed E-state index contributed by atoms with van der Waals surface area (Å²) in [6, 6.07) is 0. The van der Waals surface area contributed by atoms with Crippen molar-refractivity contribution in [3.63, 3.8) is 0 Å². The summed E-state index contributed by atoms with van der Waals surface area (Å²) in [5, 5.41) is 7.89. The van der Waals surface area contributed by atoms with E-state index in [0.717, 1.165) is 0 Å². The zero-order valence-corrected chi connectivity index (χ0v) is 8.20. The van der Waals surface area contributed by atoms with Gasteiger partial charge in [-0.05, 0) is 6.92 Å². The summed E-state index contributed by atoms with van der Waals surface area (Å²) in [6.45, 7) is 8.60. The molecule has 1 N–H and O–H groups in total. The summed E-state index contributed by atoms with van der Waals surface area (Å²) in [5.74, 6) is -0.935. The minimum absolute atomic E-state index is 0. The van der Waals surface area contributed by atoms with Crippen molar-refractivity contribution < 1.29 is 31.6 Å². The van der Waals surface area contributed by atoms with Gasteiger partial charge in [0.15, 0.2) is 0 Å². The Balaban J connectivity index is -0.000000107. The van der Waals surface area contributed by atoms with Crippen molar-refractivity contribution in [1.82, 2.24) is 0 Å². The molecule has 2 nitrogen and oxygen atoms in total. The molecule has 0 bridgehead atoms. The molecule has 10 heavy (non-hydrogen) atoms. The largest absolute Gasteiger partial charge is 0.478 e. The number of carbonyl (C=O) groups is 1. The van der Waals surface area contributed by atoms with E-state index in [-0.39, 0.29) is 27.3 Å². The van der Waals surface area contributed by atoms with E-state index in [9.17, 15) is 4.79 Å². The average molecular weight is 177 g/mol. The first kappa shape index (κ1) is 16.5. The zero-order chi connectivity index (χ0) is 7.86. The van der Waals surface area contributed by atoms with Crippen LogP contribution in [0.5, 0.6) is 0 Å². The maximum absolute atomic E-state index is 9.60. The Bertz CT molecular complexity index is 87.8. The van der Waals surface area contributed by atoms with E-state index >= 15 is 0 Å². The summed E-state index contributed by atoms with van der Waals surface area (Å²) in [5.41, 5.74) is 0.176. The second kappa shape index (κ2) is 11.7. The molecule has 58 valence electrons. The van der Waals surface area contributed by atoms with E-state index in [4.69, 9.17) is 5.11 Å². The van der Waals surface area contributed by atoms with Gasteiger partial charge in [0.05, 0.1) is 0 Å². The van der Waals surface area contributed by atoms with Gasteiger partial charge in [-0.25, -0.2) is 4.79 Å². The monoisotopic (exact) mass is 177 g/mol. The molecule has 0 aliphatic carbocycles. The van der Waals surface area contributed by atoms with Crippen LogP contribution in [0.4, 0.5) is 0 Å². The Morgan fingerprint density at radius 2 is 1.60 bits per heavy atom. The fourth-order valence-corrected chi connectivity index (χ4v) is 0. The number of hydrogen-bond donors (Lipinski definition) is 1. The maximum atomic E-state index is 9.60. The number of rotatable bonds is 1. The molecule has 0 amide bonds. The average Bonchev–Trinajstić information content (AvgIpc) is 1.68. The van der Waals surface area contributed by atoms with Crippen molar-refractivity contribution >= 4 is 5.97 Å². The topological polar surface area (TPSA) is 37.3 Å². The first-order valence-electron chi connectivity index (χ1n) is 2.69. The van der Waals surface area contributed by atoms with Gasteiger partial charge in [0.2, 0.25) is 0 Å². The molecule has 3 heteroatoms. The van der Waals surface area contributed by atoms with Gasteiger partial charge in [-0.1, -0.05) is 6.58 Å². The molecule has 0 unspecified atom stereocenters.